The third-order valence-corrected chi connectivity index (χ3v) is 6.21. The lowest BCUT2D eigenvalue weighted by atomic mass is 10.1. The molecule has 1 aromatic heterocycles. The van der Waals surface area contributed by atoms with E-state index in [1.54, 1.807) is 30.2 Å². The van der Waals surface area contributed by atoms with Crippen molar-refractivity contribution in [3.63, 3.8) is 0 Å². The van der Waals surface area contributed by atoms with Crippen LogP contribution in [0.15, 0.2) is 47.6 Å². The van der Waals surface area contributed by atoms with E-state index in [1.165, 1.54) is 6.42 Å². The number of nitrogens with zero attached hydrogens (tertiary/aromatic N) is 2. The van der Waals surface area contributed by atoms with E-state index in [0.29, 0.717) is 17.8 Å². The van der Waals surface area contributed by atoms with Crippen molar-refractivity contribution >= 4 is 29.3 Å². The molecule has 2 aliphatic rings. The van der Waals surface area contributed by atoms with Crippen LogP contribution in [0.25, 0.3) is 0 Å². The van der Waals surface area contributed by atoms with Gasteiger partial charge in [-0.1, -0.05) is 24.2 Å². The van der Waals surface area contributed by atoms with Crippen molar-refractivity contribution in [3.8, 4) is 0 Å². The predicted molar refractivity (Wildman–Crippen MR) is 106 cm³/mol. The summed E-state index contributed by atoms with van der Waals surface area (Å²) in [6.07, 6.45) is 6.96. The number of carbonyl (C=O) groups excluding carboxylic acids is 2. The zero-order valence-electron chi connectivity index (χ0n) is 15.0. The number of carbonyl (C=O) groups is 2. The summed E-state index contributed by atoms with van der Waals surface area (Å²) in [5.41, 5.74) is 2.19. The molecule has 0 saturated carbocycles. The number of rotatable bonds is 4. The molecule has 7 heteroatoms. The maximum Gasteiger partial charge on any atom is 0.252 e. The monoisotopic (exact) mass is 382 g/mol. The number of hydrogen-bond acceptors (Lipinski definition) is 5. The minimum Gasteiger partial charge on any atom is -0.348 e. The highest BCUT2D eigenvalue weighted by atomic mass is 32.2. The van der Waals surface area contributed by atoms with E-state index >= 15 is 0 Å². The summed E-state index contributed by atoms with van der Waals surface area (Å²) in [6, 6.07) is 9.25. The van der Waals surface area contributed by atoms with Gasteiger partial charge in [-0.2, -0.15) is 0 Å². The lowest BCUT2D eigenvalue weighted by Gasteiger charge is -2.35. The molecule has 140 valence electrons. The summed E-state index contributed by atoms with van der Waals surface area (Å²) < 4.78 is 0. The van der Waals surface area contributed by atoms with Crippen molar-refractivity contribution in [2.45, 2.75) is 36.1 Å². The second-order valence-corrected chi connectivity index (χ2v) is 7.93. The Labute approximate surface area is 162 Å². The van der Waals surface area contributed by atoms with Gasteiger partial charge in [0.25, 0.3) is 11.8 Å². The van der Waals surface area contributed by atoms with Gasteiger partial charge in [0, 0.05) is 29.4 Å². The molecule has 0 aliphatic carbocycles. The average Bonchev–Trinajstić information content (AvgIpc) is 2.72. The number of aromatic nitrogens is 1. The van der Waals surface area contributed by atoms with Crippen LogP contribution in [0.1, 0.15) is 35.2 Å². The first-order valence-corrected chi connectivity index (χ1v) is 10.1. The number of hydrogen-bond donors (Lipinski definition) is 2. The number of anilines is 1. The zero-order valence-corrected chi connectivity index (χ0v) is 15.8. The zero-order chi connectivity index (χ0) is 18.6. The van der Waals surface area contributed by atoms with Crippen LogP contribution in [0.3, 0.4) is 0 Å². The third kappa shape index (κ3) is 4.14. The van der Waals surface area contributed by atoms with Gasteiger partial charge in [-0.25, -0.2) is 0 Å². The molecule has 27 heavy (non-hydrogen) atoms. The van der Waals surface area contributed by atoms with Crippen LogP contribution in [-0.4, -0.2) is 40.2 Å². The molecule has 0 bridgehead atoms. The minimum absolute atomic E-state index is 0.00215. The van der Waals surface area contributed by atoms with E-state index in [0.717, 1.165) is 36.4 Å². The second kappa shape index (κ2) is 8.10. The molecule has 2 amide bonds. The fraction of sp³-hybridized carbons (Fsp3) is 0.350. The number of benzene rings is 1. The van der Waals surface area contributed by atoms with E-state index in [9.17, 15) is 9.59 Å². The predicted octanol–water partition coefficient (Wildman–Crippen LogP) is 2.87. The molecule has 0 spiro atoms. The largest absolute Gasteiger partial charge is 0.348 e. The van der Waals surface area contributed by atoms with E-state index in [-0.39, 0.29) is 17.2 Å². The second-order valence-electron chi connectivity index (χ2n) is 6.81. The molecule has 1 unspecified atom stereocenters. The molecule has 2 aliphatic heterocycles. The molecule has 4 rings (SSSR count). The average molecular weight is 382 g/mol. The number of amides is 2. The van der Waals surface area contributed by atoms with Crippen LogP contribution in [0.4, 0.5) is 5.69 Å². The van der Waals surface area contributed by atoms with E-state index in [2.05, 4.69) is 20.5 Å². The molecular formula is C20H22N4O2S. The summed E-state index contributed by atoms with van der Waals surface area (Å²) >= 11 is 1.58. The molecule has 1 fully saturated rings. The number of pyridine rings is 1. The van der Waals surface area contributed by atoms with Gasteiger partial charge >= 0.3 is 0 Å². The Bertz CT molecular complexity index is 837. The van der Waals surface area contributed by atoms with Crippen molar-refractivity contribution in [2.75, 3.05) is 18.4 Å². The number of piperidine rings is 1. The highest BCUT2D eigenvalue weighted by Gasteiger charge is 2.33. The quantitative estimate of drug-likeness (QED) is 0.851. The minimum atomic E-state index is -0.178. The smallest absolute Gasteiger partial charge is 0.252 e. The highest BCUT2D eigenvalue weighted by molar-refractivity contribution is 8.00. The van der Waals surface area contributed by atoms with Gasteiger partial charge < -0.3 is 10.6 Å². The van der Waals surface area contributed by atoms with Crippen LogP contribution < -0.4 is 10.6 Å². The number of thioether (sulfide) groups is 1. The summed E-state index contributed by atoms with van der Waals surface area (Å²) in [5.74, 6) is -0.165. The fourth-order valence-corrected chi connectivity index (χ4v) is 4.57. The molecule has 1 atom stereocenters. The summed E-state index contributed by atoms with van der Waals surface area (Å²) in [7, 11) is 0. The Morgan fingerprint density at radius 3 is 2.89 bits per heavy atom. The molecule has 2 aromatic rings. The molecule has 0 radical (unpaired) electrons. The third-order valence-electron chi connectivity index (χ3n) is 4.86. The van der Waals surface area contributed by atoms with Crippen molar-refractivity contribution in [1.82, 2.24) is 15.2 Å². The fourth-order valence-electron chi connectivity index (χ4n) is 3.42. The van der Waals surface area contributed by atoms with Crippen LogP contribution >= 0.6 is 11.8 Å². The molecule has 2 N–H and O–H groups in total. The Balaban J connectivity index is 1.44. The molecule has 1 aromatic carbocycles. The first-order valence-electron chi connectivity index (χ1n) is 9.23. The van der Waals surface area contributed by atoms with Crippen LogP contribution in [0.5, 0.6) is 0 Å². The molecular weight excluding hydrogens is 360 g/mol. The Morgan fingerprint density at radius 1 is 1.26 bits per heavy atom. The van der Waals surface area contributed by atoms with Gasteiger partial charge in [-0.3, -0.25) is 19.5 Å². The number of likely N-dealkylation sites (tertiary alicyclic amines) is 1. The van der Waals surface area contributed by atoms with E-state index < -0.39 is 0 Å². The van der Waals surface area contributed by atoms with E-state index in [1.807, 2.05) is 24.3 Å². The van der Waals surface area contributed by atoms with Crippen LogP contribution in [0, 0.1) is 0 Å². The Morgan fingerprint density at radius 2 is 2.11 bits per heavy atom. The first-order chi connectivity index (χ1) is 13.2. The number of fused-ring (bicyclic) bond motifs is 1. The Kier molecular flexibility index (Phi) is 5.40. The summed E-state index contributed by atoms with van der Waals surface area (Å²) in [6.45, 7) is 2.35. The van der Waals surface area contributed by atoms with Gasteiger partial charge in [0.2, 0.25) is 0 Å². The SMILES string of the molecule is O=C(NCc1cccnc1)c1ccc2c(c1)NC(=O)C(N1CCCCC1)S2. The van der Waals surface area contributed by atoms with Gasteiger partial charge in [0.05, 0.1) is 5.69 Å². The summed E-state index contributed by atoms with van der Waals surface area (Å²) in [5, 5.41) is 5.69. The normalized spacial score (nSPS) is 19.9. The molecule has 1 saturated heterocycles. The van der Waals surface area contributed by atoms with Gasteiger partial charge in [-0.15, -0.1) is 0 Å². The van der Waals surface area contributed by atoms with Gasteiger partial charge in [0.15, 0.2) is 0 Å². The van der Waals surface area contributed by atoms with Crippen molar-refractivity contribution in [1.29, 1.82) is 0 Å². The molecule has 6 nitrogen and oxygen atoms in total. The lowest BCUT2D eigenvalue weighted by molar-refractivity contribution is -0.118. The van der Waals surface area contributed by atoms with Crippen molar-refractivity contribution < 1.29 is 9.59 Å². The van der Waals surface area contributed by atoms with Gasteiger partial charge in [-0.05, 0) is 55.8 Å². The highest BCUT2D eigenvalue weighted by Crippen LogP contribution is 2.38. The van der Waals surface area contributed by atoms with Crippen LogP contribution in [0.2, 0.25) is 0 Å². The van der Waals surface area contributed by atoms with E-state index in [4.69, 9.17) is 0 Å². The Hall–Kier alpha value is -2.38. The van der Waals surface area contributed by atoms with Crippen molar-refractivity contribution in [3.05, 3.63) is 53.9 Å². The summed E-state index contributed by atoms with van der Waals surface area (Å²) in [4.78, 5) is 32.3. The maximum atomic E-state index is 12.6. The molecule has 3 heterocycles. The first kappa shape index (κ1) is 18.0. The number of nitrogens with one attached hydrogen (secondary N) is 2. The van der Waals surface area contributed by atoms with Gasteiger partial charge in [0.1, 0.15) is 5.37 Å². The van der Waals surface area contributed by atoms with Crippen molar-refractivity contribution in [2.24, 2.45) is 0 Å². The maximum absolute atomic E-state index is 12.6. The van der Waals surface area contributed by atoms with Crippen LogP contribution in [-0.2, 0) is 11.3 Å². The topological polar surface area (TPSA) is 74.3 Å². The standard InChI is InChI=1S/C20H22N4O2S/c25-18(22-13-14-5-4-8-21-12-14)15-6-7-17-16(11-15)23-19(26)20(27-17)24-9-2-1-3-10-24/h4-8,11-12,20H,1-3,9-10,13H2,(H,22,25)(H,23,26). The lowest BCUT2D eigenvalue weighted by Crippen LogP contribution is -2.46.